The highest BCUT2D eigenvalue weighted by molar-refractivity contribution is 5.79. The van der Waals surface area contributed by atoms with Crippen molar-refractivity contribution >= 4 is 5.97 Å². The number of rotatable bonds is 19. The second-order valence-electron chi connectivity index (χ2n) is 17.5. The summed E-state index contributed by atoms with van der Waals surface area (Å²) in [5.41, 5.74) is 6.26. The third kappa shape index (κ3) is 10.4. The van der Waals surface area contributed by atoms with E-state index in [4.69, 9.17) is 56.8 Å². The van der Waals surface area contributed by atoms with Crippen LogP contribution >= 0.6 is 0 Å². The van der Waals surface area contributed by atoms with Crippen molar-refractivity contribution in [3.05, 3.63) is 185 Å². The van der Waals surface area contributed by atoms with Gasteiger partial charge in [-0.05, 0) is 63.2 Å². The van der Waals surface area contributed by atoms with Gasteiger partial charge in [0, 0.05) is 11.8 Å². The van der Waals surface area contributed by atoms with Gasteiger partial charge in [0.1, 0.15) is 24.4 Å². The van der Waals surface area contributed by atoms with Crippen LogP contribution in [-0.4, -0.2) is 78.0 Å². The molecule has 3 aliphatic heterocycles. The number of fused-ring (bicyclic) bond motifs is 3. The Morgan fingerprint density at radius 2 is 1.06 bits per heavy atom. The predicted molar refractivity (Wildman–Crippen MR) is 259 cm³/mol. The first-order valence-electron chi connectivity index (χ1n) is 23.3. The van der Waals surface area contributed by atoms with Crippen LogP contribution in [0.4, 0.5) is 0 Å². The van der Waals surface area contributed by atoms with Crippen molar-refractivity contribution in [2.45, 2.75) is 76.6 Å². The molecule has 0 bridgehead atoms. The quantitative estimate of drug-likeness (QED) is 0.0716. The first-order chi connectivity index (χ1) is 34.0. The van der Waals surface area contributed by atoms with Crippen molar-refractivity contribution in [3.63, 3.8) is 0 Å². The number of cyclic esters (lactones) is 1. The van der Waals surface area contributed by atoms with E-state index in [9.17, 15) is 4.79 Å². The van der Waals surface area contributed by atoms with Crippen LogP contribution in [0, 0.1) is 11.8 Å². The van der Waals surface area contributed by atoms with E-state index in [-0.39, 0.29) is 53.2 Å². The fourth-order valence-corrected chi connectivity index (χ4v) is 9.97. The topological polar surface area (TPSA) is 128 Å². The summed E-state index contributed by atoms with van der Waals surface area (Å²) in [6, 6.07) is 47.6. The summed E-state index contributed by atoms with van der Waals surface area (Å²) in [6.07, 6.45) is -4.84. The molecule has 4 aliphatic rings. The largest absolute Gasteiger partial charge is 0.493 e. The van der Waals surface area contributed by atoms with Crippen LogP contribution in [0.15, 0.2) is 146 Å². The van der Waals surface area contributed by atoms with E-state index in [2.05, 4.69) is 0 Å². The number of carbonyl (C=O) groups is 1. The van der Waals surface area contributed by atoms with Crippen molar-refractivity contribution in [2.75, 3.05) is 41.3 Å². The molecule has 1 unspecified atom stereocenters. The van der Waals surface area contributed by atoms with Gasteiger partial charge in [0.05, 0.1) is 73.0 Å². The Morgan fingerprint density at radius 3 is 1.59 bits per heavy atom. The third-order valence-electron chi connectivity index (χ3n) is 13.3. The van der Waals surface area contributed by atoms with E-state index >= 15 is 0 Å². The average molecular weight is 953 g/mol. The van der Waals surface area contributed by atoms with Gasteiger partial charge in [0.2, 0.25) is 12.5 Å². The first kappa shape index (κ1) is 48.6. The van der Waals surface area contributed by atoms with E-state index in [0.717, 1.165) is 38.9 Å². The lowest BCUT2D eigenvalue weighted by Crippen LogP contribution is -2.62. The SMILES string of the molecule is C.COc1cc([C@@H]2c3cc4c(cc3C(O[C@H]3O[C@H](COCc5ccccc5)[C@@H](OCc5ccccc5)[C@H](OCc5ccccc5)[C@H]3OCc3ccccc3)[C@H]3COC(=O)[C@H]23)OCO4)cc(OC)c1OC. The van der Waals surface area contributed by atoms with Gasteiger partial charge in [0.25, 0.3) is 0 Å². The van der Waals surface area contributed by atoms with E-state index in [1.165, 1.54) is 0 Å². The van der Waals surface area contributed by atoms with Crippen LogP contribution in [0.1, 0.15) is 58.4 Å². The molecule has 0 radical (unpaired) electrons. The van der Waals surface area contributed by atoms with Gasteiger partial charge in [-0.2, -0.15) is 0 Å². The molecule has 6 aromatic rings. The van der Waals surface area contributed by atoms with E-state index < -0.39 is 54.6 Å². The minimum Gasteiger partial charge on any atom is -0.493 e. The van der Waals surface area contributed by atoms with Gasteiger partial charge in [0.15, 0.2) is 29.3 Å². The van der Waals surface area contributed by atoms with Gasteiger partial charge >= 0.3 is 5.97 Å². The molecule has 0 N–H and O–H groups in total. The molecule has 0 spiro atoms. The number of hydrogen-bond acceptors (Lipinski definition) is 13. The Balaban J connectivity index is 0.00000608. The molecule has 0 aromatic heterocycles. The molecule has 366 valence electrons. The Bertz CT molecular complexity index is 2610. The second-order valence-corrected chi connectivity index (χ2v) is 17.5. The van der Waals surface area contributed by atoms with Crippen LogP contribution in [0.2, 0.25) is 0 Å². The number of carbonyl (C=O) groups excluding carboxylic acids is 1. The maximum atomic E-state index is 14.3. The molecule has 2 fully saturated rings. The number of hydrogen-bond donors (Lipinski definition) is 0. The molecule has 0 amide bonds. The van der Waals surface area contributed by atoms with Gasteiger partial charge < -0.3 is 56.8 Å². The minimum absolute atomic E-state index is 0. The summed E-state index contributed by atoms with van der Waals surface area (Å²) in [7, 11) is 4.69. The lowest BCUT2D eigenvalue weighted by Gasteiger charge is -2.48. The molecule has 6 aromatic carbocycles. The molecular formula is C57H60O13. The summed E-state index contributed by atoms with van der Waals surface area (Å²) in [5.74, 6) is 0.376. The Labute approximate surface area is 409 Å². The van der Waals surface area contributed by atoms with Crippen molar-refractivity contribution in [1.82, 2.24) is 0 Å². The van der Waals surface area contributed by atoms with Gasteiger partial charge in [-0.25, -0.2) is 0 Å². The zero-order valence-electron chi connectivity index (χ0n) is 38.8. The van der Waals surface area contributed by atoms with Crippen LogP contribution in [0.25, 0.3) is 0 Å². The van der Waals surface area contributed by atoms with E-state index in [0.29, 0.717) is 35.4 Å². The summed E-state index contributed by atoms with van der Waals surface area (Å²) in [4.78, 5) is 14.3. The summed E-state index contributed by atoms with van der Waals surface area (Å²) in [5, 5.41) is 0. The summed E-state index contributed by atoms with van der Waals surface area (Å²) in [6.45, 7) is 1.37. The fraction of sp³-hybridized carbons (Fsp3) is 0.351. The van der Waals surface area contributed by atoms with E-state index in [1.807, 2.05) is 146 Å². The summed E-state index contributed by atoms with van der Waals surface area (Å²) >= 11 is 0. The number of methoxy groups -OCH3 is 3. The first-order valence-corrected chi connectivity index (χ1v) is 23.3. The molecule has 13 nitrogen and oxygen atoms in total. The standard InChI is InChI=1S/C56H56O13.CH4/c1-58-45-24-39(25-46(59-2)51(45)60-3)48-40-26-43-44(67-34-66-43)27-41(40)50(42-32-65-55(57)49(42)48)69-56-54(64-31-38-22-14-7-15-23-38)53(63-30-37-20-12-6-13-21-37)52(62-29-36-18-10-5-11-19-36)47(68-56)33-61-28-35-16-8-4-9-17-35;/h4-27,42,47-50,52-54,56H,28-34H2,1-3H3;1H4/t42-,47+,48+,49-,50?,52+,53-,54+,56+;/m0./s1. The van der Waals surface area contributed by atoms with Crippen molar-refractivity contribution in [2.24, 2.45) is 11.8 Å². The highest BCUT2D eigenvalue weighted by atomic mass is 16.7. The second kappa shape index (κ2) is 22.5. The molecular weight excluding hydrogens is 893 g/mol. The molecule has 0 saturated carbocycles. The lowest BCUT2D eigenvalue weighted by atomic mass is 9.66. The molecule has 13 heteroatoms. The Hall–Kier alpha value is -6.45. The van der Waals surface area contributed by atoms with Crippen molar-refractivity contribution in [3.8, 4) is 28.7 Å². The Kier molecular flexibility index (Phi) is 15.6. The highest BCUT2D eigenvalue weighted by Crippen LogP contribution is 2.57. The fourth-order valence-electron chi connectivity index (χ4n) is 9.97. The highest BCUT2D eigenvalue weighted by Gasteiger charge is 2.56. The molecule has 9 atom stereocenters. The van der Waals surface area contributed by atoms with E-state index in [1.54, 1.807) is 21.3 Å². The van der Waals surface area contributed by atoms with Gasteiger partial charge in [-0.15, -0.1) is 0 Å². The van der Waals surface area contributed by atoms with Crippen LogP contribution in [0.5, 0.6) is 28.7 Å². The van der Waals surface area contributed by atoms with Crippen LogP contribution < -0.4 is 23.7 Å². The minimum atomic E-state index is -1.08. The summed E-state index contributed by atoms with van der Waals surface area (Å²) < 4.78 is 77.4. The van der Waals surface area contributed by atoms with Crippen LogP contribution in [0.3, 0.4) is 0 Å². The number of esters is 1. The zero-order valence-corrected chi connectivity index (χ0v) is 38.8. The average Bonchev–Trinajstić information content (AvgIpc) is 4.03. The maximum absolute atomic E-state index is 14.3. The molecule has 2 saturated heterocycles. The van der Waals surface area contributed by atoms with Gasteiger partial charge in [-0.1, -0.05) is 129 Å². The maximum Gasteiger partial charge on any atom is 0.310 e. The molecule has 70 heavy (non-hydrogen) atoms. The Morgan fingerprint density at radius 1 is 0.557 bits per heavy atom. The molecule has 3 heterocycles. The monoisotopic (exact) mass is 952 g/mol. The zero-order chi connectivity index (χ0) is 47.1. The lowest BCUT2D eigenvalue weighted by molar-refractivity contribution is -0.341. The normalized spacial score (nSPS) is 24.2. The van der Waals surface area contributed by atoms with Crippen LogP contribution in [-0.2, 0) is 64.4 Å². The van der Waals surface area contributed by atoms with Gasteiger partial charge in [-0.3, -0.25) is 4.79 Å². The number of benzene rings is 6. The smallest absolute Gasteiger partial charge is 0.310 e. The van der Waals surface area contributed by atoms with Crippen molar-refractivity contribution < 1.29 is 61.6 Å². The third-order valence-corrected chi connectivity index (χ3v) is 13.3. The molecule has 10 rings (SSSR count). The number of ether oxygens (including phenoxy) is 12. The predicted octanol–water partition coefficient (Wildman–Crippen LogP) is 9.77. The molecule has 1 aliphatic carbocycles. The van der Waals surface area contributed by atoms with Crippen molar-refractivity contribution in [1.29, 1.82) is 0 Å².